The average Bonchev–Trinajstić information content (AvgIpc) is 3.09. The van der Waals surface area contributed by atoms with Crippen LogP contribution >= 0.6 is 11.3 Å². The fourth-order valence-corrected chi connectivity index (χ4v) is 3.83. The van der Waals surface area contributed by atoms with Crippen molar-refractivity contribution in [3.8, 4) is 0 Å². The number of aromatic nitrogens is 1. The highest BCUT2D eigenvalue weighted by Gasteiger charge is 2.40. The summed E-state index contributed by atoms with van der Waals surface area (Å²) in [5.74, 6) is -0.273. The highest BCUT2D eigenvalue weighted by Crippen LogP contribution is 2.31. The van der Waals surface area contributed by atoms with Gasteiger partial charge in [0.2, 0.25) is 5.91 Å². The van der Waals surface area contributed by atoms with Crippen LogP contribution in [0.15, 0.2) is 5.38 Å². The number of nitrogens with zero attached hydrogens (tertiary/aromatic N) is 3. The lowest BCUT2D eigenvalue weighted by molar-refractivity contribution is -0.187. The summed E-state index contributed by atoms with van der Waals surface area (Å²) in [6.07, 6.45) is 1.92. The van der Waals surface area contributed by atoms with Crippen LogP contribution in [0.3, 0.4) is 0 Å². The topological polar surface area (TPSA) is 54.9 Å². The zero-order valence-electron chi connectivity index (χ0n) is 13.2. The van der Waals surface area contributed by atoms with E-state index in [9.17, 15) is 4.79 Å². The van der Waals surface area contributed by atoms with Crippen molar-refractivity contribution in [2.45, 2.75) is 31.6 Å². The molecule has 0 saturated carbocycles. The van der Waals surface area contributed by atoms with E-state index < -0.39 is 5.79 Å². The van der Waals surface area contributed by atoms with Gasteiger partial charge in [-0.25, -0.2) is 4.98 Å². The smallest absolute Gasteiger partial charge is 0.228 e. The number of likely N-dealkylation sites (tertiary alicyclic amines) is 1. The maximum absolute atomic E-state index is 12.4. The van der Waals surface area contributed by atoms with Gasteiger partial charge < -0.3 is 19.3 Å². The Labute approximate surface area is 135 Å². The molecule has 0 radical (unpaired) electrons. The van der Waals surface area contributed by atoms with Gasteiger partial charge in [0.15, 0.2) is 5.79 Å². The summed E-state index contributed by atoms with van der Waals surface area (Å²) < 4.78 is 11.4. The number of carbonyl (C=O) groups excluding carboxylic acids is 1. The summed E-state index contributed by atoms with van der Waals surface area (Å²) >= 11 is 1.62. The molecule has 6 nitrogen and oxygen atoms in total. The molecule has 7 heteroatoms. The minimum absolute atomic E-state index is 0.148. The molecule has 0 unspecified atom stereocenters. The third-order valence-electron chi connectivity index (χ3n) is 4.07. The largest absolute Gasteiger partial charge is 0.347 e. The van der Waals surface area contributed by atoms with Crippen LogP contribution < -0.4 is 0 Å². The second-order valence-electron chi connectivity index (χ2n) is 6.14. The van der Waals surface area contributed by atoms with Gasteiger partial charge in [0.05, 0.1) is 25.3 Å². The highest BCUT2D eigenvalue weighted by atomic mass is 32.1. The molecule has 1 aromatic heterocycles. The minimum Gasteiger partial charge on any atom is -0.347 e. The van der Waals surface area contributed by atoms with E-state index in [1.807, 2.05) is 24.4 Å². The van der Waals surface area contributed by atoms with Gasteiger partial charge >= 0.3 is 0 Å². The van der Waals surface area contributed by atoms with Gasteiger partial charge in [-0.15, -0.1) is 11.3 Å². The van der Waals surface area contributed by atoms with Crippen molar-refractivity contribution < 1.29 is 14.3 Å². The van der Waals surface area contributed by atoms with Crippen molar-refractivity contribution in [2.24, 2.45) is 0 Å². The lowest BCUT2D eigenvalue weighted by Gasteiger charge is -2.37. The van der Waals surface area contributed by atoms with Crippen LogP contribution in [-0.2, 0) is 27.2 Å². The van der Waals surface area contributed by atoms with Crippen LogP contribution in [0.25, 0.3) is 0 Å². The van der Waals surface area contributed by atoms with E-state index in [-0.39, 0.29) is 5.91 Å². The van der Waals surface area contributed by atoms with Crippen LogP contribution in [0.1, 0.15) is 23.5 Å². The summed E-state index contributed by atoms with van der Waals surface area (Å²) in [4.78, 5) is 20.9. The second kappa shape index (κ2) is 6.62. The molecule has 2 saturated heterocycles. The van der Waals surface area contributed by atoms with Crippen molar-refractivity contribution in [1.29, 1.82) is 0 Å². The molecule has 0 N–H and O–H groups in total. The molecule has 0 aromatic carbocycles. The first-order valence-electron chi connectivity index (χ1n) is 7.70. The molecule has 122 valence electrons. The average molecular weight is 325 g/mol. The number of amides is 1. The lowest BCUT2D eigenvalue weighted by atomic mass is 10.0. The van der Waals surface area contributed by atoms with Crippen molar-refractivity contribution in [2.75, 3.05) is 40.4 Å². The molecule has 1 amide bonds. The first-order valence-corrected chi connectivity index (χ1v) is 8.58. The van der Waals surface area contributed by atoms with Crippen LogP contribution in [0.4, 0.5) is 0 Å². The molecule has 3 rings (SSSR count). The predicted molar refractivity (Wildman–Crippen MR) is 83.7 cm³/mol. The monoisotopic (exact) mass is 325 g/mol. The molecule has 22 heavy (non-hydrogen) atoms. The molecule has 2 aliphatic heterocycles. The molecule has 1 spiro atoms. The van der Waals surface area contributed by atoms with Gasteiger partial charge in [0, 0.05) is 37.9 Å². The molecule has 2 fully saturated rings. The Morgan fingerprint density at radius 1 is 1.36 bits per heavy atom. The first kappa shape index (κ1) is 15.9. The minimum atomic E-state index is -0.420. The zero-order valence-corrected chi connectivity index (χ0v) is 14.0. The summed E-state index contributed by atoms with van der Waals surface area (Å²) in [5, 5.41) is 3.05. The van der Waals surface area contributed by atoms with Gasteiger partial charge in [0.25, 0.3) is 0 Å². The van der Waals surface area contributed by atoms with E-state index in [1.165, 1.54) is 0 Å². The normalized spacial score (nSPS) is 21.0. The number of ether oxygens (including phenoxy) is 2. The predicted octanol–water partition coefficient (Wildman–Crippen LogP) is 1.11. The van der Waals surface area contributed by atoms with E-state index in [0.29, 0.717) is 32.7 Å². The fourth-order valence-electron chi connectivity index (χ4n) is 2.92. The Morgan fingerprint density at radius 3 is 2.68 bits per heavy atom. The number of thiazole rings is 1. The van der Waals surface area contributed by atoms with Gasteiger partial charge in [-0.05, 0) is 14.1 Å². The Kier molecular flexibility index (Phi) is 4.77. The number of carbonyl (C=O) groups is 1. The maximum atomic E-state index is 12.4. The molecular weight excluding hydrogens is 302 g/mol. The number of piperidine rings is 1. The SMILES string of the molecule is CN(C)Cc1nc(CC(=O)N2CCC3(CC2)OCCO3)cs1. The first-order chi connectivity index (χ1) is 10.6. The molecule has 2 aliphatic rings. The third-order valence-corrected chi connectivity index (χ3v) is 4.96. The van der Waals surface area contributed by atoms with Crippen molar-refractivity contribution in [3.63, 3.8) is 0 Å². The van der Waals surface area contributed by atoms with Crippen LogP contribution in [0.2, 0.25) is 0 Å². The quantitative estimate of drug-likeness (QED) is 0.830. The van der Waals surface area contributed by atoms with Crippen molar-refractivity contribution in [3.05, 3.63) is 16.1 Å². The molecule has 0 aliphatic carbocycles. The van der Waals surface area contributed by atoms with E-state index >= 15 is 0 Å². The van der Waals surface area contributed by atoms with Gasteiger partial charge in [-0.2, -0.15) is 0 Å². The lowest BCUT2D eigenvalue weighted by Crippen LogP contribution is -2.47. The Balaban J connectivity index is 1.51. The molecule has 0 atom stereocenters. The number of rotatable bonds is 4. The van der Waals surface area contributed by atoms with E-state index in [1.54, 1.807) is 11.3 Å². The Bertz CT molecular complexity index is 516. The summed E-state index contributed by atoms with van der Waals surface area (Å²) in [6, 6.07) is 0. The highest BCUT2D eigenvalue weighted by molar-refractivity contribution is 7.09. The van der Waals surface area contributed by atoms with Crippen molar-refractivity contribution >= 4 is 17.2 Å². The third kappa shape index (κ3) is 3.65. The number of hydrogen-bond acceptors (Lipinski definition) is 6. The number of hydrogen-bond donors (Lipinski definition) is 0. The van der Waals surface area contributed by atoms with Crippen LogP contribution in [0, 0.1) is 0 Å². The second-order valence-corrected chi connectivity index (χ2v) is 7.08. The van der Waals surface area contributed by atoms with E-state index in [0.717, 1.165) is 30.1 Å². The Morgan fingerprint density at radius 2 is 2.05 bits per heavy atom. The van der Waals surface area contributed by atoms with E-state index in [2.05, 4.69) is 9.88 Å². The standard InChI is InChI=1S/C15H23N3O3S/c1-17(2)10-13-16-12(11-22-13)9-14(19)18-5-3-15(4-6-18)20-7-8-21-15/h11H,3-10H2,1-2H3. The summed E-state index contributed by atoms with van der Waals surface area (Å²) in [6.45, 7) is 3.56. The molecular formula is C15H23N3O3S. The van der Waals surface area contributed by atoms with Crippen LogP contribution in [0.5, 0.6) is 0 Å². The van der Waals surface area contributed by atoms with Crippen molar-refractivity contribution in [1.82, 2.24) is 14.8 Å². The van der Waals surface area contributed by atoms with Gasteiger partial charge in [0.1, 0.15) is 5.01 Å². The van der Waals surface area contributed by atoms with E-state index in [4.69, 9.17) is 9.47 Å². The molecule has 3 heterocycles. The Hall–Kier alpha value is -1.02. The zero-order chi connectivity index (χ0) is 15.6. The fraction of sp³-hybridized carbons (Fsp3) is 0.733. The van der Waals surface area contributed by atoms with Gasteiger partial charge in [-0.3, -0.25) is 4.79 Å². The summed E-state index contributed by atoms with van der Waals surface area (Å²) in [7, 11) is 4.03. The van der Waals surface area contributed by atoms with Crippen LogP contribution in [-0.4, -0.2) is 66.9 Å². The van der Waals surface area contributed by atoms with Gasteiger partial charge in [-0.1, -0.05) is 0 Å². The molecule has 0 bridgehead atoms. The summed E-state index contributed by atoms with van der Waals surface area (Å²) in [5.41, 5.74) is 0.875. The molecule has 1 aromatic rings. The maximum Gasteiger partial charge on any atom is 0.228 e.